The van der Waals surface area contributed by atoms with Crippen LogP contribution in [0.15, 0.2) is 41.1 Å². The molecule has 4 heterocycles. The summed E-state index contributed by atoms with van der Waals surface area (Å²) in [4.78, 5) is 22.9. The van der Waals surface area contributed by atoms with Gasteiger partial charge in [-0.1, -0.05) is 23.4 Å². The van der Waals surface area contributed by atoms with Crippen molar-refractivity contribution >= 4 is 5.91 Å². The number of nitrogens with one attached hydrogen (secondary N) is 1. The molecule has 138 valence electrons. The van der Waals surface area contributed by atoms with Crippen LogP contribution in [0, 0.1) is 6.92 Å². The summed E-state index contributed by atoms with van der Waals surface area (Å²) in [5, 5.41) is 4.13. The number of hydrogen-bond donors (Lipinski definition) is 1. The van der Waals surface area contributed by atoms with Gasteiger partial charge in [-0.2, -0.15) is 4.98 Å². The van der Waals surface area contributed by atoms with E-state index in [0.29, 0.717) is 24.3 Å². The summed E-state index contributed by atoms with van der Waals surface area (Å²) in [6.45, 7) is 2.66. The van der Waals surface area contributed by atoms with Gasteiger partial charge in [0, 0.05) is 24.3 Å². The van der Waals surface area contributed by atoms with Crippen LogP contribution in [0.5, 0.6) is 0 Å². The molecule has 2 aliphatic heterocycles. The monoisotopic (exact) mass is 362 g/mol. The van der Waals surface area contributed by atoms with Gasteiger partial charge < -0.3 is 14.4 Å². The van der Waals surface area contributed by atoms with Crippen LogP contribution in [0.2, 0.25) is 0 Å². The number of amides is 1. The molecule has 27 heavy (non-hydrogen) atoms. The molecule has 2 atom stereocenters. The maximum atomic E-state index is 13.1. The second-order valence-electron chi connectivity index (χ2n) is 7.63. The smallest absolute Gasteiger partial charge is 0.254 e. The number of aromatic amines is 1. The molecule has 6 nitrogen and oxygen atoms in total. The van der Waals surface area contributed by atoms with Gasteiger partial charge in [0.25, 0.3) is 5.91 Å². The molecule has 3 aromatic rings. The Kier molecular flexibility index (Phi) is 3.85. The van der Waals surface area contributed by atoms with E-state index in [1.807, 2.05) is 42.3 Å². The first kappa shape index (κ1) is 16.3. The molecule has 2 aliphatic rings. The topological polar surface area (TPSA) is 75.0 Å². The maximum absolute atomic E-state index is 13.1. The molecule has 6 heteroatoms. The van der Waals surface area contributed by atoms with Crippen molar-refractivity contribution in [3.05, 3.63) is 59.1 Å². The Morgan fingerprint density at radius 1 is 1.22 bits per heavy atom. The van der Waals surface area contributed by atoms with Gasteiger partial charge in [-0.25, -0.2) is 0 Å². The molecule has 1 fully saturated rings. The molecule has 1 N–H and O–H groups in total. The maximum Gasteiger partial charge on any atom is 0.254 e. The van der Waals surface area contributed by atoms with Crippen LogP contribution < -0.4 is 0 Å². The zero-order chi connectivity index (χ0) is 18.4. The SMILES string of the molecule is Cc1c[nH]c(-c2noc([C@H]3CC[C@@H]4CCc5ccccc5C(=O)N4C3)n2)c1. The Balaban J connectivity index is 1.40. The van der Waals surface area contributed by atoms with Crippen molar-refractivity contribution in [3.8, 4) is 11.5 Å². The van der Waals surface area contributed by atoms with Crippen LogP contribution in [-0.4, -0.2) is 38.5 Å². The summed E-state index contributed by atoms with van der Waals surface area (Å²) in [5.41, 5.74) is 3.99. The minimum Gasteiger partial charge on any atom is -0.358 e. The van der Waals surface area contributed by atoms with Crippen LogP contribution in [-0.2, 0) is 6.42 Å². The zero-order valence-electron chi connectivity index (χ0n) is 15.3. The first-order valence-electron chi connectivity index (χ1n) is 9.57. The summed E-state index contributed by atoms with van der Waals surface area (Å²) in [7, 11) is 0. The van der Waals surface area contributed by atoms with Gasteiger partial charge in [-0.15, -0.1) is 0 Å². The van der Waals surface area contributed by atoms with Crippen molar-refractivity contribution < 1.29 is 9.32 Å². The Bertz CT molecular complexity index is 989. The van der Waals surface area contributed by atoms with Crippen molar-refractivity contribution in [1.82, 2.24) is 20.0 Å². The van der Waals surface area contributed by atoms with E-state index >= 15 is 0 Å². The van der Waals surface area contributed by atoms with E-state index in [4.69, 9.17) is 4.52 Å². The normalized spacial score (nSPS) is 22.3. The molecule has 0 radical (unpaired) electrons. The van der Waals surface area contributed by atoms with E-state index in [0.717, 1.165) is 48.1 Å². The first-order valence-corrected chi connectivity index (χ1v) is 9.57. The summed E-state index contributed by atoms with van der Waals surface area (Å²) >= 11 is 0. The summed E-state index contributed by atoms with van der Waals surface area (Å²) in [6.07, 6.45) is 5.85. The van der Waals surface area contributed by atoms with Crippen LogP contribution in [0.25, 0.3) is 11.5 Å². The summed E-state index contributed by atoms with van der Waals surface area (Å²) in [6, 6.07) is 10.3. The molecule has 0 bridgehead atoms. The third-order valence-corrected chi connectivity index (χ3v) is 5.82. The highest BCUT2D eigenvalue weighted by atomic mass is 16.5. The largest absolute Gasteiger partial charge is 0.358 e. The Morgan fingerprint density at radius 2 is 2.11 bits per heavy atom. The quantitative estimate of drug-likeness (QED) is 0.754. The number of rotatable bonds is 2. The predicted octanol–water partition coefficient (Wildman–Crippen LogP) is 3.71. The van der Waals surface area contributed by atoms with Gasteiger partial charge in [0.15, 0.2) is 0 Å². The number of carbonyl (C=O) groups excluding carboxylic acids is 1. The molecular weight excluding hydrogens is 340 g/mol. The number of fused-ring (bicyclic) bond motifs is 2. The fourth-order valence-electron chi connectivity index (χ4n) is 4.34. The van der Waals surface area contributed by atoms with E-state index in [9.17, 15) is 4.79 Å². The van der Waals surface area contributed by atoms with Crippen molar-refractivity contribution in [2.24, 2.45) is 0 Å². The predicted molar refractivity (Wildman–Crippen MR) is 100 cm³/mol. The molecule has 0 unspecified atom stereocenters. The molecule has 1 amide bonds. The Hall–Kier alpha value is -2.89. The van der Waals surface area contributed by atoms with Crippen molar-refractivity contribution in [2.45, 2.75) is 44.6 Å². The number of piperidine rings is 1. The minimum atomic E-state index is 0.0905. The van der Waals surface area contributed by atoms with Gasteiger partial charge in [-0.05, 0) is 55.9 Å². The molecule has 0 saturated carbocycles. The molecule has 2 aromatic heterocycles. The van der Waals surface area contributed by atoms with Crippen molar-refractivity contribution in [3.63, 3.8) is 0 Å². The third-order valence-electron chi connectivity index (χ3n) is 5.82. The van der Waals surface area contributed by atoms with Crippen LogP contribution in [0.3, 0.4) is 0 Å². The number of benzene rings is 1. The van der Waals surface area contributed by atoms with Gasteiger partial charge in [-0.3, -0.25) is 4.79 Å². The Labute approximate surface area is 157 Å². The molecular formula is C21H22N4O2. The lowest BCUT2D eigenvalue weighted by Gasteiger charge is -2.37. The Morgan fingerprint density at radius 3 is 2.96 bits per heavy atom. The number of hydrogen-bond acceptors (Lipinski definition) is 4. The summed E-state index contributed by atoms with van der Waals surface area (Å²) < 4.78 is 5.56. The number of aryl methyl sites for hydroxylation is 2. The average molecular weight is 362 g/mol. The molecule has 5 rings (SSSR count). The second-order valence-corrected chi connectivity index (χ2v) is 7.63. The molecule has 0 aliphatic carbocycles. The average Bonchev–Trinajstić information content (AvgIpc) is 3.32. The van der Waals surface area contributed by atoms with Gasteiger partial charge >= 0.3 is 0 Å². The number of carbonyl (C=O) groups is 1. The van der Waals surface area contributed by atoms with Gasteiger partial charge in [0.2, 0.25) is 11.7 Å². The van der Waals surface area contributed by atoms with E-state index in [1.165, 1.54) is 0 Å². The van der Waals surface area contributed by atoms with Crippen LogP contribution >= 0.6 is 0 Å². The molecule has 1 aromatic carbocycles. The standard InChI is InChI=1S/C21H22N4O2/c1-13-10-18(22-11-13)19-23-20(27-24-19)15-7-9-16-8-6-14-4-2-3-5-17(14)21(26)25(16)12-15/h2-5,10-11,15-16,22H,6-9,12H2,1H3/t15-,16-/m0/s1. The highest BCUT2D eigenvalue weighted by molar-refractivity contribution is 5.96. The van der Waals surface area contributed by atoms with Crippen molar-refractivity contribution in [2.75, 3.05) is 6.54 Å². The van der Waals surface area contributed by atoms with E-state index in [1.54, 1.807) is 0 Å². The fraction of sp³-hybridized carbons (Fsp3) is 0.381. The first-order chi connectivity index (χ1) is 13.2. The highest BCUT2D eigenvalue weighted by Gasteiger charge is 2.37. The lowest BCUT2D eigenvalue weighted by Crippen LogP contribution is -2.45. The molecule has 0 spiro atoms. The highest BCUT2D eigenvalue weighted by Crippen LogP contribution is 2.35. The van der Waals surface area contributed by atoms with Gasteiger partial charge in [0.1, 0.15) is 0 Å². The number of H-pyrrole nitrogens is 1. The van der Waals surface area contributed by atoms with Crippen LogP contribution in [0.1, 0.15) is 52.6 Å². The second kappa shape index (κ2) is 6.37. The summed E-state index contributed by atoms with van der Waals surface area (Å²) in [5.74, 6) is 1.43. The zero-order valence-corrected chi connectivity index (χ0v) is 15.3. The van der Waals surface area contributed by atoms with Gasteiger partial charge in [0.05, 0.1) is 11.6 Å². The van der Waals surface area contributed by atoms with E-state index in [2.05, 4.69) is 21.2 Å². The van der Waals surface area contributed by atoms with Crippen molar-refractivity contribution in [1.29, 1.82) is 0 Å². The minimum absolute atomic E-state index is 0.0905. The lowest BCUT2D eigenvalue weighted by molar-refractivity contribution is 0.0570. The number of aromatic nitrogens is 3. The fourth-order valence-corrected chi connectivity index (χ4v) is 4.34. The van der Waals surface area contributed by atoms with Crippen LogP contribution in [0.4, 0.5) is 0 Å². The van der Waals surface area contributed by atoms with E-state index in [-0.39, 0.29) is 11.8 Å². The molecule has 1 saturated heterocycles. The third kappa shape index (κ3) is 2.85. The lowest BCUT2D eigenvalue weighted by atomic mass is 9.90. The number of nitrogens with zero attached hydrogens (tertiary/aromatic N) is 3. The van der Waals surface area contributed by atoms with E-state index < -0.39 is 0 Å².